The summed E-state index contributed by atoms with van der Waals surface area (Å²) < 4.78 is 14.6. The van der Waals surface area contributed by atoms with Gasteiger partial charge in [-0.1, -0.05) is 0 Å². The maximum absolute atomic E-state index is 9.72. The van der Waals surface area contributed by atoms with Gasteiger partial charge in [-0.2, -0.15) is 0 Å². The Morgan fingerprint density at radius 3 is 0.909 bits per heavy atom. The molecule has 0 aromatic heterocycles. The van der Waals surface area contributed by atoms with Crippen molar-refractivity contribution in [3.63, 3.8) is 0 Å². The topological polar surface area (TPSA) is 96.9 Å². The zero-order chi connectivity index (χ0) is 16.6. The Balaban J connectivity index is -0.000000108. The number of ether oxygens (including phenoxy) is 3. The molecule has 0 saturated heterocycles. The summed E-state index contributed by atoms with van der Waals surface area (Å²) in [4.78, 5) is 0. The summed E-state index contributed by atoms with van der Waals surface area (Å²) in [6.07, 6.45) is 1.94. The molecule has 6 nitrogen and oxygen atoms in total. The van der Waals surface area contributed by atoms with E-state index in [0.29, 0.717) is 39.1 Å². The van der Waals surface area contributed by atoms with Crippen LogP contribution < -0.4 is 15.3 Å². The fourth-order valence-electron chi connectivity index (χ4n) is 0.916. The standard InChI is InChI=1S/3C5H11O2.Fe/c3*1-2-7-5-3-4-6;/h3*2-5H2,1H3;/q3*-1;+3. The number of hydrogen-bond donors (Lipinski definition) is 0. The smallest absolute Gasteiger partial charge is 0.854 e. The molecule has 0 amide bonds. The summed E-state index contributed by atoms with van der Waals surface area (Å²) in [6.45, 7) is 9.76. The molecule has 0 aliphatic rings. The van der Waals surface area contributed by atoms with E-state index >= 15 is 0 Å². The normalized spacial score (nSPS) is 9.00. The van der Waals surface area contributed by atoms with Crippen molar-refractivity contribution in [2.75, 3.05) is 59.5 Å². The van der Waals surface area contributed by atoms with Crippen LogP contribution in [0.1, 0.15) is 40.0 Å². The molecule has 0 unspecified atom stereocenters. The fraction of sp³-hybridized carbons (Fsp3) is 1.00. The molecule has 0 aliphatic carbocycles. The van der Waals surface area contributed by atoms with E-state index < -0.39 is 0 Å². The molecule has 0 bridgehead atoms. The van der Waals surface area contributed by atoms with Crippen LogP contribution in [0, 0.1) is 0 Å². The second-order valence-corrected chi connectivity index (χ2v) is 3.76. The van der Waals surface area contributed by atoms with Gasteiger partial charge in [0, 0.05) is 39.6 Å². The average Bonchev–Trinajstić information content (AvgIpc) is 2.50. The molecule has 22 heavy (non-hydrogen) atoms. The van der Waals surface area contributed by atoms with Crippen LogP contribution in [0.3, 0.4) is 0 Å². The summed E-state index contributed by atoms with van der Waals surface area (Å²) in [6, 6.07) is 0. The van der Waals surface area contributed by atoms with Gasteiger partial charge in [0.05, 0.1) is 0 Å². The summed E-state index contributed by atoms with van der Waals surface area (Å²) in [5.74, 6) is 0. The molecular formula is C15H33FeO6. The van der Waals surface area contributed by atoms with E-state index in [1.165, 1.54) is 0 Å². The molecule has 0 aliphatic heterocycles. The van der Waals surface area contributed by atoms with Crippen LogP contribution in [0.5, 0.6) is 0 Å². The molecular weight excluding hydrogens is 332 g/mol. The van der Waals surface area contributed by atoms with Gasteiger partial charge < -0.3 is 29.5 Å². The first-order chi connectivity index (χ1) is 10.2. The second kappa shape index (κ2) is 37.5. The minimum atomic E-state index is -0.0139. The largest absolute Gasteiger partial charge is 3.00 e. The average molecular weight is 365 g/mol. The van der Waals surface area contributed by atoms with Crippen molar-refractivity contribution in [2.24, 2.45) is 0 Å². The summed E-state index contributed by atoms with van der Waals surface area (Å²) >= 11 is 0. The predicted octanol–water partition coefficient (Wildman–Crippen LogP) is -0.683. The van der Waals surface area contributed by atoms with Gasteiger partial charge in [-0.25, -0.2) is 0 Å². The van der Waals surface area contributed by atoms with Gasteiger partial charge in [0.25, 0.3) is 0 Å². The quantitative estimate of drug-likeness (QED) is 0.336. The Morgan fingerprint density at radius 1 is 0.545 bits per heavy atom. The molecule has 0 spiro atoms. The van der Waals surface area contributed by atoms with E-state index in [2.05, 4.69) is 0 Å². The summed E-state index contributed by atoms with van der Waals surface area (Å²) in [5.41, 5.74) is 0. The number of hydrogen-bond acceptors (Lipinski definition) is 6. The maximum atomic E-state index is 9.72. The molecule has 0 aromatic rings. The van der Waals surface area contributed by atoms with Gasteiger partial charge in [-0.05, 0) is 40.0 Å². The predicted molar refractivity (Wildman–Crippen MR) is 77.9 cm³/mol. The van der Waals surface area contributed by atoms with Crippen LogP contribution >= 0.6 is 0 Å². The van der Waals surface area contributed by atoms with Crippen LogP contribution in [0.2, 0.25) is 0 Å². The van der Waals surface area contributed by atoms with Gasteiger partial charge >= 0.3 is 17.1 Å². The van der Waals surface area contributed by atoms with Crippen molar-refractivity contribution in [1.29, 1.82) is 0 Å². The Morgan fingerprint density at radius 2 is 0.773 bits per heavy atom. The van der Waals surface area contributed by atoms with Crippen LogP contribution in [-0.2, 0) is 31.3 Å². The third-order valence-electron chi connectivity index (χ3n) is 1.91. The van der Waals surface area contributed by atoms with Crippen molar-refractivity contribution < 1.29 is 46.6 Å². The first-order valence-corrected chi connectivity index (χ1v) is 7.72. The van der Waals surface area contributed by atoms with E-state index in [-0.39, 0.29) is 36.9 Å². The fourth-order valence-corrected chi connectivity index (χ4v) is 0.916. The molecule has 0 heterocycles. The van der Waals surface area contributed by atoms with E-state index in [1.54, 1.807) is 0 Å². The van der Waals surface area contributed by atoms with E-state index in [0.717, 1.165) is 19.8 Å². The van der Waals surface area contributed by atoms with Crippen molar-refractivity contribution in [1.82, 2.24) is 0 Å². The zero-order valence-corrected chi connectivity index (χ0v) is 15.4. The molecule has 7 heteroatoms. The van der Waals surface area contributed by atoms with Gasteiger partial charge in [0.1, 0.15) is 0 Å². The SMILES string of the molecule is CCOCCC[O-].CCOCCC[O-].CCOCCC[O-].[Fe+3]. The van der Waals surface area contributed by atoms with Crippen molar-refractivity contribution in [3.8, 4) is 0 Å². The monoisotopic (exact) mass is 365 g/mol. The Bertz CT molecular complexity index is 105. The second-order valence-electron chi connectivity index (χ2n) is 3.76. The number of rotatable bonds is 12. The third-order valence-corrected chi connectivity index (χ3v) is 1.91. The molecule has 0 N–H and O–H groups in total. The van der Waals surface area contributed by atoms with Gasteiger partial charge in [0.2, 0.25) is 0 Å². The minimum absolute atomic E-state index is 0. The maximum Gasteiger partial charge on any atom is 3.00 e. The van der Waals surface area contributed by atoms with Gasteiger partial charge in [-0.3, -0.25) is 0 Å². The van der Waals surface area contributed by atoms with Crippen LogP contribution in [0.4, 0.5) is 0 Å². The van der Waals surface area contributed by atoms with Crippen molar-refractivity contribution in [2.45, 2.75) is 40.0 Å². The Labute approximate surface area is 146 Å². The molecule has 137 valence electrons. The Hall–Kier alpha value is 0.279. The minimum Gasteiger partial charge on any atom is -0.854 e. The van der Waals surface area contributed by atoms with Gasteiger partial charge in [0.15, 0.2) is 0 Å². The van der Waals surface area contributed by atoms with Crippen LogP contribution in [0.25, 0.3) is 0 Å². The van der Waals surface area contributed by atoms with Crippen molar-refractivity contribution >= 4 is 0 Å². The molecule has 0 rings (SSSR count). The first-order valence-electron chi connectivity index (χ1n) is 7.72. The summed E-state index contributed by atoms with van der Waals surface area (Å²) in [5, 5.41) is 29.2. The van der Waals surface area contributed by atoms with E-state index in [9.17, 15) is 15.3 Å². The van der Waals surface area contributed by atoms with Gasteiger partial charge in [-0.15, -0.1) is 19.8 Å². The molecule has 0 aromatic carbocycles. The molecule has 0 fully saturated rings. The van der Waals surface area contributed by atoms with E-state index in [4.69, 9.17) is 14.2 Å². The Kier molecular flexibility index (Phi) is 51.4. The van der Waals surface area contributed by atoms with Crippen LogP contribution in [-0.4, -0.2) is 59.5 Å². The van der Waals surface area contributed by atoms with Crippen molar-refractivity contribution in [3.05, 3.63) is 0 Å². The molecule has 1 radical (unpaired) electrons. The van der Waals surface area contributed by atoms with Crippen LogP contribution in [0.15, 0.2) is 0 Å². The first kappa shape index (κ1) is 30.2. The third kappa shape index (κ3) is 50.0. The molecule has 0 atom stereocenters. The summed E-state index contributed by atoms with van der Waals surface area (Å²) in [7, 11) is 0. The van der Waals surface area contributed by atoms with E-state index in [1.807, 2.05) is 20.8 Å². The zero-order valence-electron chi connectivity index (χ0n) is 14.3. The molecule has 0 saturated carbocycles.